The van der Waals surface area contributed by atoms with Crippen LogP contribution in [0.3, 0.4) is 0 Å². The summed E-state index contributed by atoms with van der Waals surface area (Å²) in [6.45, 7) is 12.2. The lowest BCUT2D eigenvalue weighted by atomic mass is 9.70. The minimum absolute atomic E-state index is 0.861. The molecule has 2 rings (SSSR count). The van der Waals surface area contributed by atoms with E-state index in [0.717, 1.165) is 34.8 Å². The van der Waals surface area contributed by atoms with Gasteiger partial charge in [-0.2, -0.15) is 11.8 Å². The lowest BCUT2D eigenvalue weighted by Crippen LogP contribution is -2.30. The number of hydrogen-bond donors (Lipinski definition) is 1. The standard InChI is InChI=1S/C24H47NS/c1-5-13-25-14-12-22-16-20(6-2)10-11-24-18-23(19(3)4)17-21(22)9-7-8-15-26-24/h19-25H,5-18H2,1-4H3. The minimum atomic E-state index is 0.861. The van der Waals surface area contributed by atoms with E-state index >= 15 is 0 Å². The molecule has 2 bridgehead atoms. The Kier molecular flexibility index (Phi) is 11.0. The van der Waals surface area contributed by atoms with Crippen LogP contribution in [0.1, 0.15) is 98.3 Å². The van der Waals surface area contributed by atoms with Crippen LogP contribution >= 0.6 is 11.8 Å². The molecule has 1 aliphatic heterocycles. The fraction of sp³-hybridized carbons (Fsp3) is 1.00. The quantitative estimate of drug-likeness (QED) is 0.470. The van der Waals surface area contributed by atoms with Crippen LogP contribution in [0.25, 0.3) is 0 Å². The van der Waals surface area contributed by atoms with Crippen molar-refractivity contribution < 1.29 is 0 Å². The Bertz CT molecular complexity index is 356. The Labute approximate surface area is 169 Å². The molecule has 5 unspecified atom stereocenters. The van der Waals surface area contributed by atoms with Gasteiger partial charge in [0.2, 0.25) is 0 Å². The summed E-state index contributed by atoms with van der Waals surface area (Å²) in [5.74, 6) is 6.17. The predicted octanol–water partition coefficient (Wildman–Crippen LogP) is 7.16. The number of hydrogen-bond acceptors (Lipinski definition) is 2. The Hall–Kier alpha value is 0.310. The maximum absolute atomic E-state index is 3.70. The van der Waals surface area contributed by atoms with Gasteiger partial charge in [0.1, 0.15) is 0 Å². The van der Waals surface area contributed by atoms with Crippen molar-refractivity contribution in [1.82, 2.24) is 5.32 Å². The molecule has 1 heterocycles. The number of rotatable bonds is 7. The van der Waals surface area contributed by atoms with Crippen LogP contribution in [0.15, 0.2) is 0 Å². The van der Waals surface area contributed by atoms with Gasteiger partial charge in [-0.3, -0.25) is 0 Å². The molecular formula is C24H47NS. The van der Waals surface area contributed by atoms with Crippen LogP contribution in [-0.4, -0.2) is 24.1 Å². The summed E-state index contributed by atoms with van der Waals surface area (Å²) < 4.78 is 0. The fourth-order valence-corrected chi connectivity index (χ4v) is 6.80. The van der Waals surface area contributed by atoms with Gasteiger partial charge in [0, 0.05) is 5.25 Å². The molecule has 26 heavy (non-hydrogen) atoms. The SMILES string of the molecule is CCCNCCC1CC(CC)CCC2CC(C(C)C)CC1CCCCS2. The van der Waals surface area contributed by atoms with Crippen molar-refractivity contribution in [2.75, 3.05) is 18.8 Å². The molecule has 0 radical (unpaired) electrons. The highest BCUT2D eigenvalue weighted by Crippen LogP contribution is 2.42. The first-order chi connectivity index (χ1) is 12.6. The van der Waals surface area contributed by atoms with Crippen LogP contribution in [0.4, 0.5) is 0 Å². The van der Waals surface area contributed by atoms with E-state index in [-0.39, 0.29) is 0 Å². The molecular weight excluding hydrogens is 334 g/mol. The van der Waals surface area contributed by atoms with E-state index in [9.17, 15) is 0 Å². The summed E-state index contributed by atoms with van der Waals surface area (Å²) >= 11 is 2.33. The maximum atomic E-state index is 3.70. The Morgan fingerprint density at radius 1 is 0.962 bits per heavy atom. The first-order valence-corrected chi connectivity index (χ1v) is 13.0. The van der Waals surface area contributed by atoms with Gasteiger partial charge in [-0.1, -0.05) is 47.0 Å². The van der Waals surface area contributed by atoms with Gasteiger partial charge < -0.3 is 5.32 Å². The molecule has 0 aromatic heterocycles. The lowest BCUT2D eigenvalue weighted by molar-refractivity contribution is 0.158. The van der Waals surface area contributed by atoms with Crippen molar-refractivity contribution in [3.05, 3.63) is 0 Å². The van der Waals surface area contributed by atoms with E-state index in [2.05, 4.69) is 44.8 Å². The molecule has 2 fully saturated rings. The lowest BCUT2D eigenvalue weighted by Gasteiger charge is -2.38. The van der Waals surface area contributed by atoms with E-state index in [1.807, 2.05) is 0 Å². The van der Waals surface area contributed by atoms with Crippen molar-refractivity contribution in [2.45, 2.75) is 104 Å². The summed E-state index contributed by atoms with van der Waals surface area (Å²) in [7, 11) is 0. The highest BCUT2D eigenvalue weighted by molar-refractivity contribution is 7.99. The zero-order valence-corrected chi connectivity index (χ0v) is 19.1. The number of thioether (sulfide) groups is 1. The maximum Gasteiger partial charge on any atom is 0.00498 e. The summed E-state index contributed by atoms with van der Waals surface area (Å²) in [4.78, 5) is 0. The van der Waals surface area contributed by atoms with E-state index in [4.69, 9.17) is 0 Å². The van der Waals surface area contributed by atoms with Crippen molar-refractivity contribution >= 4 is 11.8 Å². The van der Waals surface area contributed by atoms with Gasteiger partial charge in [-0.25, -0.2) is 0 Å². The minimum Gasteiger partial charge on any atom is -0.317 e. The molecule has 1 N–H and O–H groups in total. The highest BCUT2D eigenvalue weighted by atomic mass is 32.2. The first kappa shape index (κ1) is 22.6. The largest absolute Gasteiger partial charge is 0.317 e. The van der Waals surface area contributed by atoms with Gasteiger partial charge in [0.25, 0.3) is 0 Å². The summed E-state index contributed by atoms with van der Waals surface area (Å²) in [5, 5.41) is 4.65. The molecule has 5 atom stereocenters. The van der Waals surface area contributed by atoms with E-state index in [1.54, 1.807) is 0 Å². The summed E-state index contributed by atoms with van der Waals surface area (Å²) in [5.41, 5.74) is 0. The van der Waals surface area contributed by atoms with Crippen LogP contribution in [0.5, 0.6) is 0 Å². The van der Waals surface area contributed by atoms with Gasteiger partial charge in [0.15, 0.2) is 0 Å². The van der Waals surface area contributed by atoms with Gasteiger partial charge in [0.05, 0.1) is 0 Å². The highest BCUT2D eigenvalue weighted by Gasteiger charge is 2.31. The smallest absolute Gasteiger partial charge is 0.00498 e. The monoisotopic (exact) mass is 381 g/mol. The van der Waals surface area contributed by atoms with Crippen molar-refractivity contribution in [3.63, 3.8) is 0 Å². The van der Waals surface area contributed by atoms with Gasteiger partial charge in [-0.05, 0) is 99.8 Å². The molecule has 1 saturated heterocycles. The molecule has 1 aliphatic carbocycles. The third-order valence-electron chi connectivity index (χ3n) is 7.33. The predicted molar refractivity (Wildman–Crippen MR) is 120 cm³/mol. The zero-order valence-electron chi connectivity index (χ0n) is 18.3. The molecule has 154 valence electrons. The topological polar surface area (TPSA) is 12.0 Å². The zero-order chi connectivity index (χ0) is 18.8. The van der Waals surface area contributed by atoms with Crippen LogP contribution in [-0.2, 0) is 0 Å². The van der Waals surface area contributed by atoms with Crippen LogP contribution in [0, 0.1) is 29.6 Å². The second-order valence-electron chi connectivity index (χ2n) is 9.61. The number of fused-ring (bicyclic) bond motifs is 4. The van der Waals surface area contributed by atoms with Gasteiger partial charge >= 0.3 is 0 Å². The molecule has 1 nitrogen and oxygen atoms in total. The molecule has 0 aromatic rings. The van der Waals surface area contributed by atoms with Gasteiger partial charge in [-0.15, -0.1) is 0 Å². The summed E-state index contributed by atoms with van der Waals surface area (Å²) in [6.07, 6.45) is 16.0. The number of nitrogens with one attached hydrogen (secondary N) is 1. The Morgan fingerprint density at radius 3 is 2.54 bits per heavy atom. The van der Waals surface area contributed by atoms with E-state index < -0.39 is 0 Å². The normalized spacial score (nSPS) is 34.3. The molecule has 0 aromatic carbocycles. The molecule has 0 spiro atoms. The molecule has 2 aliphatic rings. The van der Waals surface area contributed by atoms with E-state index in [0.29, 0.717) is 0 Å². The Morgan fingerprint density at radius 2 is 1.81 bits per heavy atom. The second kappa shape index (κ2) is 12.7. The third-order valence-corrected chi connectivity index (χ3v) is 8.76. The van der Waals surface area contributed by atoms with E-state index in [1.165, 1.54) is 89.5 Å². The average Bonchev–Trinajstić information content (AvgIpc) is 2.64. The summed E-state index contributed by atoms with van der Waals surface area (Å²) in [6, 6.07) is 0. The third kappa shape index (κ3) is 7.74. The van der Waals surface area contributed by atoms with Crippen molar-refractivity contribution in [1.29, 1.82) is 0 Å². The van der Waals surface area contributed by atoms with Crippen LogP contribution in [0.2, 0.25) is 0 Å². The van der Waals surface area contributed by atoms with Crippen molar-refractivity contribution in [3.8, 4) is 0 Å². The Balaban J connectivity index is 2.14. The second-order valence-corrected chi connectivity index (χ2v) is 11.0. The van der Waals surface area contributed by atoms with Crippen LogP contribution < -0.4 is 5.32 Å². The molecule has 0 amide bonds. The van der Waals surface area contributed by atoms with Crippen molar-refractivity contribution in [2.24, 2.45) is 29.6 Å². The average molecular weight is 382 g/mol. The molecule has 1 saturated carbocycles. The fourth-order valence-electron chi connectivity index (χ4n) is 5.41. The molecule has 2 heteroatoms. The first-order valence-electron chi connectivity index (χ1n) is 12.0.